The molecule has 0 fully saturated rings. The first-order chi connectivity index (χ1) is 23.0. The fourth-order valence-electron chi connectivity index (χ4n) is 5.95. The zero-order valence-corrected chi connectivity index (χ0v) is 34.7. The van der Waals surface area contributed by atoms with E-state index in [1.165, 1.54) is 40.8 Å². The van der Waals surface area contributed by atoms with Gasteiger partial charge in [0.1, 0.15) is 18.1 Å². The molecule has 50 heavy (non-hydrogen) atoms. The zero-order chi connectivity index (χ0) is 36.7. The maximum absolute atomic E-state index is 12.2. The summed E-state index contributed by atoms with van der Waals surface area (Å²) in [6.45, 7) is 26.9. The predicted octanol–water partition coefficient (Wildman–Crippen LogP) is 12.2. The zero-order valence-electron chi connectivity index (χ0n) is 31.4. The number of hydrogen-bond donors (Lipinski definition) is 3. The third kappa shape index (κ3) is 7.24. The van der Waals surface area contributed by atoms with Crippen molar-refractivity contribution in [3.8, 4) is 23.0 Å². The highest BCUT2D eigenvalue weighted by Crippen LogP contribution is 2.55. The van der Waals surface area contributed by atoms with Crippen LogP contribution in [-0.4, -0.2) is 27.7 Å². The van der Waals surface area contributed by atoms with E-state index >= 15 is 0 Å². The molecule has 0 radical (unpaired) electrons. The molecule has 4 aromatic carbocycles. The number of phenolic OH excluding ortho intramolecular Hbond substituents is 3. The fourth-order valence-corrected chi connectivity index (χ4v) is 11.5. The standard InChI is InChI=1S/C42H50O4S4/c1-39(2,3)23-15-27-35(43)29(17-23)48-31-19-25(41(7,8)9)21-33(37(31)45)50-14-13-46-38-32(20-26(22-34(38)50)42(10,11)12)49-30-18-24(40(4,5)6)16-28(47-27)36(30)44/h15-22H,13-14H2,1-12H3,(H2-,43,44,45)/p+1. The Hall–Kier alpha value is -2.52. The van der Waals surface area contributed by atoms with Crippen LogP contribution >= 0.6 is 35.3 Å². The number of fused-ring (bicyclic) bond motifs is 7. The average molecular weight is 748 g/mol. The van der Waals surface area contributed by atoms with Crippen molar-refractivity contribution in [2.75, 3.05) is 12.4 Å². The number of ether oxygens (including phenoxy) is 1. The van der Waals surface area contributed by atoms with E-state index in [2.05, 4.69) is 126 Å². The molecule has 8 heteroatoms. The van der Waals surface area contributed by atoms with Crippen LogP contribution in [0.15, 0.2) is 87.7 Å². The molecule has 1 unspecified atom stereocenters. The van der Waals surface area contributed by atoms with Crippen LogP contribution in [0.25, 0.3) is 0 Å². The molecule has 266 valence electrons. The van der Waals surface area contributed by atoms with E-state index in [1.807, 2.05) is 6.07 Å². The van der Waals surface area contributed by atoms with Crippen LogP contribution in [-0.2, 0) is 32.6 Å². The van der Waals surface area contributed by atoms with Crippen LogP contribution in [0.1, 0.15) is 105 Å². The lowest BCUT2D eigenvalue weighted by Gasteiger charge is -2.28. The molecule has 3 N–H and O–H groups in total. The molecular formula is C42H51O4S4+. The molecule has 6 rings (SSSR count). The monoisotopic (exact) mass is 747 g/mol. The normalized spacial score (nSPS) is 16.6. The summed E-state index contributed by atoms with van der Waals surface area (Å²) in [5, 5.41) is 36.3. The van der Waals surface area contributed by atoms with Gasteiger partial charge in [-0.25, -0.2) is 0 Å². The summed E-state index contributed by atoms with van der Waals surface area (Å²) in [7, 11) is -0.493. The highest BCUT2D eigenvalue weighted by molar-refractivity contribution is 8.01. The Labute approximate surface area is 314 Å². The lowest BCUT2D eigenvalue weighted by atomic mass is 9.87. The summed E-state index contributed by atoms with van der Waals surface area (Å²) in [6, 6.07) is 17.0. The molecular weight excluding hydrogens is 697 g/mol. The van der Waals surface area contributed by atoms with Crippen LogP contribution in [0.2, 0.25) is 0 Å². The Bertz CT molecular complexity index is 1990. The molecule has 0 saturated heterocycles. The minimum atomic E-state index is -0.493. The van der Waals surface area contributed by atoms with Crippen molar-refractivity contribution in [3.63, 3.8) is 0 Å². The van der Waals surface area contributed by atoms with Gasteiger partial charge in [-0.1, -0.05) is 118 Å². The minimum Gasteiger partial charge on any atom is -0.506 e. The smallest absolute Gasteiger partial charge is 0.204 e. The van der Waals surface area contributed by atoms with Gasteiger partial charge in [0.2, 0.25) is 9.79 Å². The number of phenols is 3. The summed E-state index contributed by atoms with van der Waals surface area (Å²) in [6.07, 6.45) is 0. The van der Waals surface area contributed by atoms with Crippen LogP contribution in [0, 0.1) is 0 Å². The summed E-state index contributed by atoms with van der Waals surface area (Å²) in [5.41, 5.74) is 3.77. The van der Waals surface area contributed by atoms with E-state index in [9.17, 15) is 15.3 Å². The summed E-state index contributed by atoms with van der Waals surface area (Å²) < 4.78 is 6.54. The maximum Gasteiger partial charge on any atom is 0.204 e. The van der Waals surface area contributed by atoms with Gasteiger partial charge in [-0.15, -0.1) is 0 Å². The van der Waals surface area contributed by atoms with Gasteiger partial charge in [0.05, 0.1) is 40.3 Å². The van der Waals surface area contributed by atoms with Gasteiger partial charge in [0.15, 0.2) is 17.3 Å². The molecule has 0 aromatic heterocycles. The highest BCUT2D eigenvalue weighted by Gasteiger charge is 2.41. The van der Waals surface area contributed by atoms with Crippen LogP contribution < -0.4 is 4.74 Å². The van der Waals surface area contributed by atoms with Crippen molar-refractivity contribution < 1.29 is 20.1 Å². The van der Waals surface area contributed by atoms with Crippen LogP contribution in [0.5, 0.6) is 23.0 Å². The van der Waals surface area contributed by atoms with Crippen molar-refractivity contribution in [2.24, 2.45) is 0 Å². The van der Waals surface area contributed by atoms with Crippen molar-refractivity contribution in [1.82, 2.24) is 0 Å². The Balaban J connectivity index is 1.74. The van der Waals surface area contributed by atoms with Gasteiger partial charge < -0.3 is 20.1 Å². The molecule has 10 bridgehead atoms. The largest absolute Gasteiger partial charge is 0.506 e. The van der Waals surface area contributed by atoms with E-state index in [0.29, 0.717) is 21.3 Å². The van der Waals surface area contributed by atoms with Crippen molar-refractivity contribution >= 4 is 46.2 Å². The summed E-state index contributed by atoms with van der Waals surface area (Å²) in [5.74, 6) is 2.17. The molecule has 2 heterocycles. The van der Waals surface area contributed by atoms with Crippen LogP contribution in [0.3, 0.4) is 0 Å². The lowest BCUT2D eigenvalue weighted by molar-refractivity contribution is 0.319. The predicted molar refractivity (Wildman–Crippen MR) is 212 cm³/mol. The van der Waals surface area contributed by atoms with Gasteiger partial charge in [-0.3, -0.25) is 0 Å². The van der Waals surface area contributed by atoms with Gasteiger partial charge in [0.25, 0.3) is 0 Å². The molecule has 1 atom stereocenters. The Morgan fingerprint density at radius 1 is 0.460 bits per heavy atom. The number of benzene rings is 4. The first-order valence-electron chi connectivity index (χ1n) is 17.2. The van der Waals surface area contributed by atoms with E-state index in [-0.39, 0.29) is 38.9 Å². The second-order valence-electron chi connectivity index (χ2n) is 17.5. The molecule has 0 spiro atoms. The van der Waals surface area contributed by atoms with E-state index in [0.717, 1.165) is 52.7 Å². The maximum atomic E-state index is 12.2. The molecule has 4 nitrogen and oxygen atoms in total. The Morgan fingerprint density at radius 2 is 0.780 bits per heavy atom. The average Bonchev–Trinajstić information content (AvgIpc) is 2.99. The molecule has 2 aliphatic rings. The first kappa shape index (κ1) is 37.2. The first-order valence-corrected chi connectivity index (χ1v) is 21.0. The Morgan fingerprint density at radius 3 is 1.18 bits per heavy atom. The molecule has 0 amide bonds. The van der Waals surface area contributed by atoms with E-state index in [4.69, 9.17) is 4.74 Å². The van der Waals surface area contributed by atoms with E-state index in [1.54, 1.807) is 0 Å². The number of aromatic hydroxyl groups is 3. The molecule has 0 saturated carbocycles. The second-order valence-corrected chi connectivity index (χ2v) is 22.8. The van der Waals surface area contributed by atoms with Crippen LogP contribution in [0.4, 0.5) is 0 Å². The molecule has 0 aliphatic carbocycles. The van der Waals surface area contributed by atoms with Gasteiger partial charge >= 0.3 is 0 Å². The van der Waals surface area contributed by atoms with Gasteiger partial charge in [-0.05, 0) is 80.3 Å². The van der Waals surface area contributed by atoms with Crippen molar-refractivity contribution in [1.29, 1.82) is 0 Å². The SMILES string of the molecule is CC(C)(C)c1cc2c(O)c(c1)Sc1cc(C(C)(C)C)cc(c1O)[S+]1CCOc3c(cc(C(C)(C)C)cc31)Sc1cc(C(C)(C)C)cc(c1O)S2. The van der Waals surface area contributed by atoms with Gasteiger partial charge in [0, 0.05) is 12.1 Å². The molecule has 4 aromatic rings. The van der Waals surface area contributed by atoms with Gasteiger partial charge in [-0.2, -0.15) is 0 Å². The second kappa shape index (κ2) is 12.9. The summed E-state index contributed by atoms with van der Waals surface area (Å²) in [4.78, 5) is 6.43. The molecule has 2 aliphatic heterocycles. The topological polar surface area (TPSA) is 69.9 Å². The third-order valence-electron chi connectivity index (χ3n) is 9.33. The number of rotatable bonds is 0. The lowest BCUT2D eigenvalue weighted by Crippen LogP contribution is -2.24. The Kier molecular flexibility index (Phi) is 9.58. The van der Waals surface area contributed by atoms with Crippen molar-refractivity contribution in [2.45, 2.75) is 144 Å². The summed E-state index contributed by atoms with van der Waals surface area (Å²) >= 11 is 4.34. The number of hydrogen-bond acceptors (Lipinski definition) is 7. The highest BCUT2D eigenvalue weighted by atomic mass is 32.2. The quantitative estimate of drug-likeness (QED) is 0.155. The van der Waals surface area contributed by atoms with E-state index < -0.39 is 10.9 Å². The minimum absolute atomic E-state index is 0.144. The fraction of sp³-hybridized carbons (Fsp3) is 0.429. The van der Waals surface area contributed by atoms with Crippen molar-refractivity contribution in [3.05, 3.63) is 70.8 Å². The third-order valence-corrected chi connectivity index (χ3v) is 14.8.